The van der Waals surface area contributed by atoms with Gasteiger partial charge < -0.3 is 24.3 Å². The Kier molecular flexibility index (Phi) is 9.03. The number of amides is 1. The van der Waals surface area contributed by atoms with Crippen LogP contribution in [0.1, 0.15) is 5.56 Å². The molecule has 0 aliphatic heterocycles. The van der Waals surface area contributed by atoms with E-state index in [1.807, 2.05) is 6.07 Å². The molecule has 7 nitrogen and oxygen atoms in total. The number of hydrogen-bond acceptors (Lipinski definition) is 6. The summed E-state index contributed by atoms with van der Waals surface area (Å²) in [6.45, 7) is 3.95. The maximum Gasteiger partial charge on any atom is 0.266 e. The lowest BCUT2D eigenvalue weighted by atomic mass is 10.1. The molecule has 31 heavy (non-hydrogen) atoms. The second-order valence-corrected chi connectivity index (χ2v) is 7.51. The van der Waals surface area contributed by atoms with E-state index in [2.05, 4.69) is 34.5 Å². The van der Waals surface area contributed by atoms with Crippen LogP contribution in [0.3, 0.4) is 0 Å². The number of rotatable bonds is 9. The van der Waals surface area contributed by atoms with Gasteiger partial charge in [0.1, 0.15) is 29.7 Å². The molecule has 0 fully saturated rings. The predicted molar refractivity (Wildman–Crippen MR) is 128 cm³/mol. The average molecular weight is 555 g/mol. The largest absolute Gasteiger partial charge is 0.495 e. The molecule has 2 aromatic rings. The Balaban J connectivity index is 2.38. The second kappa shape index (κ2) is 11.5. The number of anilines is 1. The highest BCUT2D eigenvalue weighted by molar-refractivity contribution is 14.1. The Morgan fingerprint density at radius 2 is 1.84 bits per heavy atom. The van der Waals surface area contributed by atoms with E-state index in [9.17, 15) is 10.1 Å². The average Bonchev–Trinajstić information content (AvgIpc) is 2.76. The van der Waals surface area contributed by atoms with E-state index in [1.54, 1.807) is 18.2 Å². The zero-order chi connectivity index (χ0) is 23.0. The molecule has 0 atom stereocenters. The number of carbonyl (C=O) groups excluding carboxylic acids is 1. The van der Waals surface area contributed by atoms with E-state index in [0.29, 0.717) is 45.9 Å². The molecule has 0 saturated carbocycles. The minimum Gasteiger partial charge on any atom is -0.495 e. The fraction of sp³-hybridized carbons (Fsp3) is 0.182. The third-order valence-electron chi connectivity index (χ3n) is 4.00. The molecule has 2 aromatic carbocycles. The molecule has 1 N–H and O–H groups in total. The highest BCUT2D eigenvalue weighted by Crippen LogP contribution is 2.37. The lowest BCUT2D eigenvalue weighted by Gasteiger charge is -2.13. The summed E-state index contributed by atoms with van der Waals surface area (Å²) in [7, 11) is 4.41. The molecule has 0 spiro atoms. The van der Waals surface area contributed by atoms with Crippen molar-refractivity contribution in [3.63, 3.8) is 0 Å². The molecule has 0 aliphatic rings. The van der Waals surface area contributed by atoms with Crippen molar-refractivity contribution < 1.29 is 23.7 Å². The quantitative estimate of drug-likeness (QED) is 0.201. The van der Waals surface area contributed by atoms with Gasteiger partial charge in [0.05, 0.1) is 35.6 Å². The van der Waals surface area contributed by atoms with Gasteiger partial charge in [-0.15, -0.1) is 0 Å². The number of methoxy groups -OCH3 is 3. The molecule has 2 rings (SSSR count). The number of hydrogen-bond donors (Lipinski definition) is 1. The van der Waals surface area contributed by atoms with E-state index in [0.717, 1.165) is 3.57 Å². The van der Waals surface area contributed by atoms with Gasteiger partial charge in [0.2, 0.25) is 0 Å². The number of benzene rings is 2. The zero-order valence-corrected chi connectivity index (χ0v) is 20.0. The molecule has 0 radical (unpaired) electrons. The first-order valence-electron chi connectivity index (χ1n) is 8.84. The Morgan fingerprint density at radius 1 is 1.16 bits per heavy atom. The van der Waals surface area contributed by atoms with Crippen molar-refractivity contribution in [2.24, 2.45) is 0 Å². The summed E-state index contributed by atoms with van der Waals surface area (Å²) in [5.74, 6) is 1.10. The minimum atomic E-state index is -0.619. The van der Waals surface area contributed by atoms with Crippen molar-refractivity contribution >= 4 is 51.9 Å². The summed E-state index contributed by atoms with van der Waals surface area (Å²) in [5, 5.41) is 12.5. The first-order chi connectivity index (χ1) is 14.9. The third-order valence-corrected chi connectivity index (χ3v) is 5.09. The predicted octanol–water partition coefficient (Wildman–Crippen LogP) is 5.08. The second-order valence-electron chi connectivity index (χ2n) is 5.94. The van der Waals surface area contributed by atoms with Gasteiger partial charge in [0.25, 0.3) is 5.91 Å². The van der Waals surface area contributed by atoms with Crippen LogP contribution in [0.15, 0.2) is 42.5 Å². The molecular weight excluding hydrogens is 535 g/mol. The number of nitriles is 1. The van der Waals surface area contributed by atoms with Gasteiger partial charge >= 0.3 is 0 Å². The van der Waals surface area contributed by atoms with Gasteiger partial charge in [-0.05, 0) is 46.4 Å². The lowest BCUT2D eigenvalue weighted by Crippen LogP contribution is -2.14. The normalized spacial score (nSPS) is 10.6. The summed E-state index contributed by atoms with van der Waals surface area (Å²) in [4.78, 5) is 12.7. The summed E-state index contributed by atoms with van der Waals surface area (Å²) in [6.07, 6.45) is 3.08. The Morgan fingerprint density at radius 3 is 2.42 bits per heavy atom. The van der Waals surface area contributed by atoms with E-state index in [-0.39, 0.29) is 5.57 Å². The van der Waals surface area contributed by atoms with Crippen LogP contribution in [0.5, 0.6) is 23.0 Å². The zero-order valence-electron chi connectivity index (χ0n) is 17.1. The fourth-order valence-corrected chi connectivity index (χ4v) is 3.58. The Bertz CT molecular complexity index is 1060. The number of nitrogens with zero attached hydrogens (tertiary/aromatic N) is 1. The lowest BCUT2D eigenvalue weighted by molar-refractivity contribution is -0.112. The van der Waals surface area contributed by atoms with Gasteiger partial charge in [0, 0.05) is 12.1 Å². The van der Waals surface area contributed by atoms with Crippen molar-refractivity contribution in [3.8, 4) is 29.1 Å². The molecular formula is C22H20ClIN2O5. The summed E-state index contributed by atoms with van der Waals surface area (Å²) in [5.41, 5.74) is 0.795. The van der Waals surface area contributed by atoms with E-state index < -0.39 is 5.91 Å². The molecule has 0 aromatic heterocycles. The Labute approximate surface area is 199 Å². The van der Waals surface area contributed by atoms with E-state index >= 15 is 0 Å². The van der Waals surface area contributed by atoms with Gasteiger partial charge in [-0.2, -0.15) is 5.26 Å². The SMILES string of the molecule is C=CCOc1c(I)cc(/C=C(\C#N)C(=O)Nc2cc(OC)c(Cl)cc2OC)cc1OC. The van der Waals surface area contributed by atoms with Gasteiger partial charge in [-0.25, -0.2) is 0 Å². The maximum absolute atomic E-state index is 12.7. The summed E-state index contributed by atoms with van der Waals surface area (Å²) < 4.78 is 22.2. The van der Waals surface area contributed by atoms with Crippen molar-refractivity contribution in [1.29, 1.82) is 5.26 Å². The topological polar surface area (TPSA) is 89.8 Å². The molecule has 0 unspecified atom stereocenters. The highest BCUT2D eigenvalue weighted by Gasteiger charge is 2.17. The first kappa shape index (κ1) is 24.4. The van der Waals surface area contributed by atoms with Crippen molar-refractivity contribution in [3.05, 3.63) is 56.6 Å². The molecule has 162 valence electrons. The number of carbonyl (C=O) groups is 1. The van der Waals surface area contributed by atoms with Crippen molar-refractivity contribution in [2.75, 3.05) is 33.3 Å². The van der Waals surface area contributed by atoms with E-state index in [1.165, 1.54) is 39.5 Å². The van der Waals surface area contributed by atoms with Crippen LogP contribution in [0.4, 0.5) is 5.69 Å². The monoisotopic (exact) mass is 554 g/mol. The molecule has 0 heterocycles. The van der Waals surface area contributed by atoms with Crippen LogP contribution in [-0.4, -0.2) is 33.8 Å². The molecule has 0 saturated heterocycles. The Hall–Kier alpha value is -2.90. The molecule has 1 amide bonds. The highest BCUT2D eigenvalue weighted by atomic mass is 127. The van der Waals surface area contributed by atoms with Gasteiger partial charge in [0.15, 0.2) is 11.5 Å². The molecule has 0 aliphatic carbocycles. The first-order valence-corrected chi connectivity index (χ1v) is 10.3. The van der Waals surface area contributed by atoms with Crippen LogP contribution in [0.25, 0.3) is 6.08 Å². The summed E-state index contributed by atoms with van der Waals surface area (Å²) >= 11 is 8.19. The third kappa shape index (κ3) is 6.06. The molecule has 0 bridgehead atoms. The number of nitrogens with one attached hydrogen (secondary N) is 1. The van der Waals surface area contributed by atoms with Crippen molar-refractivity contribution in [1.82, 2.24) is 0 Å². The smallest absolute Gasteiger partial charge is 0.266 e. The van der Waals surface area contributed by atoms with Crippen LogP contribution < -0.4 is 24.3 Å². The minimum absolute atomic E-state index is 0.117. The van der Waals surface area contributed by atoms with Crippen LogP contribution in [-0.2, 0) is 4.79 Å². The maximum atomic E-state index is 12.7. The molecule has 9 heteroatoms. The van der Waals surface area contributed by atoms with Crippen LogP contribution in [0.2, 0.25) is 5.02 Å². The van der Waals surface area contributed by atoms with Crippen LogP contribution in [0, 0.1) is 14.9 Å². The van der Waals surface area contributed by atoms with Crippen molar-refractivity contribution in [2.45, 2.75) is 0 Å². The number of halogens is 2. The van der Waals surface area contributed by atoms with Gasteiger partial charge in [-0.1, -0.05) is 24.3 Å². The van der Waals surface area contributed by atoms with E-state index in [4.69, 9.17) is 30.5 Å². The summed E-state index contributed by atoms with van der Waals surface area (Å²) in [6, 6.07) is 8.40. The fourth-order valence-electron chi connectivity index (χ4n) is 2.57. The van der Waals surface area contributed by atoms with Gasteiger partial charge in [-0.3, -0.25) is 4.79 Å². The van der Waals surface area contributed by atoms with Crippen LogP contribution >= 0.6 is 34.2 Å². The number of ether oxygens (including phenoxy) is 4. The standard InChI is InChI=1S/C22H20ClIN2O5/c1-5-6-31-21-16(24)8-13(9-20(21)30-4)7-14(12-25)22(27)26-17-11-18(28-2)15(23)10-19(17)29-3/h5,7-11H,1,6H2,2-4H3,(H,26,27)/b14-7+.